The average molecular weight is 335 g/mol. The van der Waals surface area contributed by atoms with Gasteiger partial charge in [0.15, 0.2) is 0 Å². The number of hydrogen-bond acceptors (Lipinski definition) is 8. The number of hydrogen-bond donors (Lipinski definition) is 1. The Morgan fingerprint density at radius 2 is 2.04 bits per heavy atom. The average Bonchev–Trinajstić information content (AvgIpc) is 3.21. The van der Waals surface area contributed by atoms with E-state index in [2.05, 4.69) is 32.1 Å². The quantitative estimate of drug-likeness (QED) is 0.837. The van der Waals surface area contributed by atoms with Crippen LogP contribution in [-0.2, 0) is 13.1 Å². The molecule has 8 heteroatoms. The van der Waals surface area contributed by atoms with Gasteiger partial charge in [-0.05, 0) is 20.4 Å². The molecule has 132 valence electrons. The zero-order valence-electron chi connectivity index (χ0n) is 14.7. The van der Waals surface area contributed by atoms with E-state index in [4.69, 9.17) is 8.94 Å². The molecule has 0 radical (unpaired) electrons. The van der Waals surface area contributed by atoms with Crippen molar-refractivity contribution < 1.29 is 14.0 Å². The van der Waals surface area contributed by atoms with Gasteiger partial charge in [-0.2, -0.15) is 0 Å². The summed E-state index contributed by atoms with van der Waals surface area (Å²) in [6, 6.07) is 0.0441. The topological polar surface area (TPSA) is 91.7 Å². The smallest absolute Gasteiger partial charge is 0.230 e. The van der Waals surface area contributed by atoms with E-state index in [-0.39, 0.29) is 6.04 Å². The lowest BCUT2D eigenvalue weighted by molar-refractivity contribution is 0.0760. The van der Waals surface area contributed by atoms with Crippen molar-refractivity contribution in [3.63, 3.8) is 0 Å². The van der Waals surface area contributed by atoms with Crippen molar-refractivity contribution in [2.24, 2.45) is 0 Å². The van der Waals surface area contributed by atoms with Crippen LogP contribution in [0.25, 0.3) is 0 Å². The van der Waals surface area contributed by atoms with Gasteiger partial charge >= 0.3 is 0 Å². The maximum absolute atomic E-state index is 10.5. The van der Waals surface area contributed by atoms with E-state index in [1.54, 1.807) is 6.92 Å². The fourth-order valence-electron chi connectivity index (χ4n) is 3.32. The highest BCUT2D eigenvalue weighted by molar-refractivity contribution is 5.20. The molecule has 1 saturated heterocycles. The van der Waals surface area contributed by atoms with Crippen LogP contribution in [0.3, 0.4) is 0 Å². The number of aliphatic hydroxyl groups is 1. The van der Waals surface area contributed by atoms with Crippen molar-refractivity contribution in [1.82, 2.24) is 25.2 Å². The second-order valence-corrected chi connectivity index (χ2v) is 6.41. The van der Waals surface area contributed by atoms with Crippen LogP contribution in [0.1, 0.15) is 35.7 Å². The molecule has 0 spiro atoms. The minimum atomic E-state index is -0.408. The standard InChI is InChI=1S/C16H25N5O3/c1-5-21(9-16-18-17-12(4)23-16)14-7-20(8-15(14)22)6-13-10(2)19-24-11(13)3/h14-15,22H,5-9H2,1-4H3/t14-,15-/m1/s1. The van der Waals surface area contributed by atoms with Gasteiger partial charge in [-0.3, -0.25) is 9.80 Å². The van der Waals surface area contributed by atoms with E-state index in [0.29, 0.717) is 24.9 Å². The third kappa shape index (κ3) is 3.50. The Hall–Kier alpha value is -1.77. The zero-order valence-corrected chi connectivity index (χ0v) is 14.7. The summed E-state index contributed by atoms with van der Waals surface area (Å²) in [4.78, 5) is 4.43. The van der Waals surface area contributed by atoms with Gasteiger partial charge in [-0.15, -0.1) is 10.2 Å². The molecule has 0 saturated carbocycles. The van der Waals surface area contributed by atoms with Crippen molar-refractivity contribution >= 4 is 0 Å². The summed E-state index contributed by atoms with van der Waals surface area (Å²) < 4.78 is 10.7. The van der Waals surface area contributed by atoms with Gasteiger partial charge < -0.3 is 14.0 Å². The Labute approximate surface area is 141 Å². The first-order valence-corrected chi connectivity index (χ1v) is 8.33. The molecule has 1 N–H and O–H groups in total. The molecule has 0 unspecified atom stereocenters. The first kappa shape index (κ1) is 17.1. The number of aliphatic hydroxyl groups excluding tert-OH is 1. The third-order valence-electron chi connectivity index (χ3n) is 4.68. The van der Waals surface area contributed by atoms with E-state index in [9.17, 15) is 5.11 Å². The predicted octanol–water partition coefficient (Wildman–Crippen LogP) is 1.05. The molecule has 2 aromatic rings. The summed E-state index contributed by atoms with van der Waals surface area (Å²) in [5.74, 6) is 2.00. The molecule has 1 aliphatic rings. The largest absolute Gasteiger partial charge is 0.424 e. The Bertz CT molecular complexity index is 664. The summed E-state index contributed by atoms with van der Waals surface area (Å²) in [6.45, 7) is 11.3. The molecule has 24 heavy (non-hydrogen) atoms. The fraction of sp³-hybridized carbons (Fsp3) is 0.688. The minimum Gasteiger partial charge on any atom is -0.424 e. The summed E-state index contributed by atoms with van der Waals surface area (Å²) >= 11 is 0. The van der Waals surface area contributed by atoms with Gasteiger partial charge in [-0.25, -0.2) is 0 Å². The summed E-state index contributed by atoms with van der Waals surface area (Å²) in [6.07, 6.45) is -0.408. The molecule has 8 nitrogen and oxygen atoms in total. The van der Waals surface area contributed by atoms with Crippen molar-refractivity contribution in [1.29, 1.82) is 0 Å². The molecule has 1 fully saturated rings. The second-order valence-electron chi connectivity index (χ2n) is 6.41. The minimum absolute atomic E-state index is 0.0441. The lowest BCUT2D eigenvalue weighted by atomic mass is 10.2. The van der Waals surface area contributed by atoms with Crippen LogP contribution in [0.5, 0.6) is 0 Å². The molecular formula is C16H25N5O3. The van der Waals surface area contributed by atoms with Crippen LogP contribution in [0.2, 0.25) is 0 Å². The molecule has 0 aliphatic carbocycles. The number of rotatable bonds is 6. The fourth-order valence-corrected chi connectivity index (χ4v) is 3.32. The number of likely N-dealkylation sites (tertiary alicyclic amines) is 1. The highest BCUT2D eigenvalue weighted by atomic mass is 16.5. The van der Waals surface area contributed by atoms with Gasteiger partial charge in [0.25, 0.3) is 0 Å². The zero-order chi connectivity index (χ0) is 17.3. The van der Waals surface area contributed by atoms with E-state index in [1.165, 1.54) is 0 Å². The van der Waals surface area contributed by atoms with Crippen LogP contribution >= 0.6 is 0 Å². The maximum Gasteiger partial charge on any atom is 0.230 e. The van der Waals surface area contributed by atoms with Gasteiger partial charge in [0.1, 0.15) is 5.76 Å². The normalized spacial score (nSPS) is 21.9. The Kier molecular flexibility index (Phi) is 4.98. The van der Waals surface area contributed by atoms with E-state index in [1.807, 2.05) is 13.8 Å². The van der Waals surface area contributed by atoms with Crippen LogP contribution < -0.4 is 0 Å². The van der Waals surface area contributed by atoms with Crippen molar-refractivity contribution in [3.8, 4) is 0 Å². The van der Waals surface area contributed by atoms with Gasteiger partial charge in [0, 0.05) is 32.1 Å². The van der Waals surface area contributed by atoms with E-state index >= 15 is 0 Å². The SMILES string of the molecule is CCN(Cc1nnc(C)o1)[C@@H]1CN(Cc2c(C)noc2C)C[C@H]1O. The lowest BCUT2D eigenvalue weighted by Crippen LogP contribution is -2.42. The summed E-state index contributed by atoms with van der Waals surface area (Å²) in [7, 11) is 0. The summed E-state index contributed by atoms with van der Waals surface area (Å²) in [5, 5.41) is 22.5. The molecule has 2 aromatic heterocycles. The van der Waals surface area contributed by atoms with Crippen molar-refractivity contribution in [3.05, 3.63) is 28.8 Å². The molecule has 0 bridgehead atoms. The molecule has 3 rings (SSSR count). The Morgan fingerprint density at radius 1 is 1.25 bits per heavy atom. The number of aromatic nitrogens is 3. The Balaban J connectivity index is 1.65. The van der Waals surface area contributed by atoms with Crippen LogP contribution in [0.4, 0.5) is 0 Å². The molecule has 3 heterocycles. The number of likely N-dealkylation sites (N-methyl/N-ethyl adjacent to an activating group) is 1. The van der Waals surface area contributed by atoms with Crippen LogP contribution in [-0.4, -0.2) is 62.0 Å². The van der Waals surface area contributed by atoms with E-state index < -0.39 is 6.10 Å². The van der Waals surface area contributed by atoms with Crippen molar-refractivity contribution in [2.45, 2.75) is 52.9 Å². The first-order chi connectivity index (χ1) is 11.5. The summed E-state index contributed by atoms with van der Waals surface area (Å²) in [5.41, 5.74) is 2.03. The Morgan fingerprint density at radius 3 is 2.62 bits per heavy atom. The number of nitrogens with zero attached hydrogens (tertiary/aromatic N) is 5. The third-order valence-corrected chi connectivity index (χ3v) is 4.68. The number of β-amino-alcohol motifs (C(OH)–C–C–N with tert-alkyl or cyclic N) is 1. The van der Waals surface area contributed by atoms with Gasteiger partial charge in [0.05, 0.1) is 24.4 Å². The van der Waals surface area contributed by atoms with Crippen molar-refractivity contribution in [2.75, 3.05) is 19.6 Å². The molecule has 0 amide bonds. The highest BCUT2D eigenvalue weighted by Gasteiger charge is 2.36. The van der Waals surface area contributed by atoms with E-state index in [0.717, 1.165) is 36.7 Å². The first-order valence-electron chi connectivity index (χ1n) is 8.33. The maximum atomic E-state index is 10.5. The number of aryl methyl sites for hydroxylation is 3. The molecule has 0 aromatic carbocycles. The second kappa shape index (κ2) is 7.00. The molecular weight excluding hydrogens is 310 g/mol. The highest BCUT2D eigenvalue weighted by Crippen LogP contribution is 2.22. The van der Waals surface area contributed by atoms with Gasteiger partial charge in [0.2, 0.25) is 11.8 Å². The van der Waals surface area contributed by atoms with Crippen LogP contribution in [0, 0.1) is 20.8 Å². The molecule has 2 atom stereocenters. The monoisotopic (exact) mass is 335 g/mol. The predicted molar refractivity (Wildman–Crippen MR) is 86.2 cm³/mol. The van der Waals surface area contributed by atoms with Gasteiger partial charge in [-0.1, -0.05) is 12.1 Å². The molecule has 1 aliphatic heterocycles. The lowest BCUT2D eigenvalue weighted by Gasteiger charge is -2.28. The van der Waals surface area contributed by atoms with Crippen LogP contribution in [0.15, 0.2) is 8.94 Å².